The maximum atomic E-state index is 15.1. The van der Waals surface area contributed by atoms with Gasteiger partial charge in [-0.05, 0) is 41.5 Å². The Kier molecular flexibility index (Phi) is 9.35. The van der Waals surface area contributed by atoms with Crippen LogP contribution in [0.1, 0.15) is 21.9 Å². The minimum absolute atomic E-state index is 0.0184. The molecule has 198 valence electrons. The van der Waals surface area contributed by atoms with Crippen molar-refractivity contribution in [3.63, 3.8) is 0 Å². The number of benzene rings is 3. The van der Waals surface area contributed by atoms with E-state index < -0.39 is 39.0 Å². The number of para-hydroxylation sites is 1. The van der Waals surface area contributed by atoms with Crippen LogP contribution in [0.2, 0.25) is 20.1 Å². The molecule has 0 bridgehead atoms. The predicted molar refractivity (Wildman–Crippen MR) is 142 cm³/mol. The summed E-state index contributed by atoms with van der Waals surface area (Å²) in [5.74, 6) is -7.08. The number of hydrogen-bond acceptors (Lipinski definition) is 5. The van der Waals surface area contributed by atoms with E-state index in [2.05, 4.69) is 0 Å². The number of ether oxygens (including phenoxy) is 2. The third-order valence-electron chi connectivity index (χ3n) is 5.49. The molecule has 0 unspecified atom stereocenters. The molecule has 0 amide bonds. The van der Waals surface area contributed by atoms with E-state index in [9.17, 15) is 13.2 Å². The highest BCUT2D eigenvalue weighted by Gasteiger charge is 2.44. The minimum Gasteiger partial charge on any atom is -0.493 e. The Hall–Kier alpha value is -2.10. The summed E-state index contributed by atoms with van der Waals surface area (Å²) in [7, 11) is -1.97. The lowest BCUT2D eigenvalue weighted by Gasteiger charge is -2.22. The van der Waals surface area contributed by atoms with E-state index in [1.54, 1.807) is 0 Å². The van der Waals surface area contributed by atoms with Gasteiger partial charge in [-0.1, -0.05) is 70.7 Å². The maximum absolute atomic E-state index is 15.1. The fraction of sp³-hybridized carbons (Fsp3) is 0.240. The van der Waals surface area contributed by atoms with Crippen LogP contribution >= 0.6 is 46.4 Å². The van der Waals surface area contributed by atoms with Crippen molar-refractivity contribution in [2.24, 2.45) is 0 Å². The van der Waals surface area contributed by atoms with E-state index in [0.717, 1.165) is 0 Å². The van der Waals surface area contributed by atoms with Crippen LogP contribution in [0.4, 0.5) is 8.78 Å². The average Bonchev–Trinajstić information content (AvgIpc) is 2.82. The van der Waals surface area contributed by atoms with Crippen molar-refractivity contribution in [1.29, 1.82) is 0 Å². The lowest BCUT2D eigenvalue weighted by molar-refractivity contribution is -0.140. The second kappa shape index (κ2) is 11.7. The minimum atomic E-state index is -4.58. The van der Waals surface area contributed by atoms with Crippen LogP contribution in [-0.4, -0.2) is 40.1 Å². The first-order valence-electron chi connectivity index (χ1n) is 10.5. The number of ketones is 1. The van der Waals surface area contributed by atoms with Gasteiger partial charge in [0.05, 0.1) is 34.3 Å². The molecule has 0 heterocycles. The summed E-state index contributed by atoms with van der Waals surface area (Å²) >= 11 is 24.1. The summed E-state index contributed by atoms with van der Waals surface area (Å²) in [5.41, 5.74) is 0.194. The Morgan fingerprint density at radius 1 is 0.865 bits per heavy atom. The fourth-order valence-corrected chi connectivity index (χ4v) is 6.24. The molecule has 0 aliphatic heterocycles. The lowest BCUT2D eigenvalue weighted by atomic mass is 10.0. The quantitative estimate of drug-likeness (QED) is 0.241. The van der Waals surface area contributed by atoms with Crippen molar-refractivity contribution in [3.05, 3.63) is 91.4 Å². The van der Waals surface area contributed by atoms with E-state index in [1.807, 2.05) is 0 Å². The molecule has 3 aromatic rings. The van der Waals surface area contributed by atoms with Gasteiger partial charge in [-0.2, -0.15) is 8.78 Å². The summed E-state index contributed by atoms with van der Waals surface area (Å²) in [6.07, 6.45) is -1.09. The Bertz CT molecular complexity index is 1380. The third kappa shape index (κ3) is 6.67. The highest BCUT2D eigenvalue weighted by atomic mass is 35.5. The Morgan fingerprint density at radius 2 is 1.41 bits per heavy atom. The number of sulfone groups is 1. The molecule has 0 spiro atoms. The molecule has 5 nitrogen and oxygen atoms in total. The molecule has 0 radical (unpaired) electrons. The molecule has 0 aliphatic rings. The summed E-state index contributed by atoms with van der Waals surface area (Å²) in [6, 6.07) is 12.4. The molecule has 0 fully saturated rings. The number of Topliss-reactive ketones (excluding diaryl/α,β-unsaturated/α-hetero) is 1. The first-order valence-corrected chi connectivity index (χ1v) is 13.8. The molecule has 12 heteroatoms. The highest BCUT2D eigenvalue weighted by Crippen LogP contribution is 2.39. The summed E-state index contributed by atoms with van der Waals surface area (Å²) < 4.78 is 67.5. The first-order chi connectivity index (χ1) is 17.3. The van der Waals surface area contributed by atoms with Gasteiger partial charge in [0.2, 0.25) is 5.78 Å². The van der Waals surface area contributed by atoms with Gasteiger partial charge in [-0.3, -0.25) is 4.79 Å². The van der Waals surface area contributed by atoms with Crippen molar-refractivity contribution in [1.82, 2.24) is 0 Å². The fourth-order valence-electron chi connectivity index (χ4n) is 3.76. The van der Waals surface area contributed by atoms with Gasteiger partial charge in [-0.25, -0.2) is 8.42 Å². The van der Waals surface area contributed by atoms with Gasteiger partial charge >= 0.3 is 5.92 Å². The van der Waals surface area contributed by atoms with E-state index in [0.29, 0.717) is 0 Å². The van der Waals surface area contributed by atoms with Crippen molar-refractivity contribution >= 4 is 62.0 Å². The second-order valence-electron chi connectivity index (χ2n) is 7.99. The van der Waals surface area contributed by atoms with Crippen LogP contribution in [0.15, 0.2) is 54.6 Å². The number of carbonyl (C=O) groups is 1. The number of rotatable bonds is 10. The van der Waals surface area contributed by atoms with Crippen LogP contribution in [0.5, 0.6) is 11.5 Å². The SMILES string of the molecule is COc1cccc(CC(F)(F)C(=O)CS(=O)(=O)C(c2ccc(Cl)c(Cl)c2)c2ccc(Cl)c(Cl)c2)c1OC. The monoisotopic (exact) mass is 610 g/mol. The van der Waals surface area contributed by atoms with Crippen molar-refractivity contribution in [3.8, 4) is 11.5 Å². The summed E-state index contributed by atoms with van der Waals surface area (Å²) in [5, 5.41) is -1.15. The Balaban J connectivity index is 2.00. The van der Waals surface area contributed by atoms with Crippen LogP contribution in [-0.2, 0) is 21.1 Å². The Morgan fingerprint density at radius 3 is 1.86 bits per heavy atom. The van der Waals surface area contributed by atoms with Crippen LogP contribution in [0, 0.1) is 0 Å². The van der Waals surface area contributed by atoms with Crippen molar-refractivity contribution in [2.45, 2.75) is 17.6 Å². The molecule has 37 heavy (non-hydrogen) atoms. The Labute approximate surface area is 233 Å². The normalized spacial score (nSPS) is 12.0. The van der Waals surface area contributed by atoms with Crippen molar-refractivity contribution in [2.75, 3.05) is 20.0 Å². The van der Waals surface area contributed by atoms with Gasteiger partial charge < -0.3 is 9.47 Å². The average molecular weight is 612 g/mol. The van der Waals surface area contributed by atoms with Gasteiger partial charge in [0.1, 0.15) is 11.0 Å². The van der Waals surface area contributed by atoms with Crippen LogP contribution in [0.3, 0.4) is 0 Å². The molecule has 0 saturated carbocycles. The second-order valence-corrected chi connectivity index (χ2v) is 11.7. The van der Waals surface area contributed by atoms with Gasteiger partial charge in [-0.15, -0.1) is 0 Å². The number of alkyl halides is 2. The molecule has 0 N–H and O–H groups in total. The summed E-state index contributed by atoms with van der Waals surface area (Å²) in [6.45, 7) is 0. The van der Waals surface area contributed by atoms with Gasteiger partial charge in [0.15, 0.2) is 21.3 Å². The van der Waals surface area contributed by atoms with E-state index in [-0.39, 0.29) is 48.3 Å². The molecule has 0 aliphatic carbocycles. The summed E-state index contributed by atoms with van der Waals surface area (Å²) in [4.78, 5) is 12.8. The zero-order chi connectivity index (χ0) is 27.5. The molecular weight excluding hydrogens is 592 g/mol. The first kappa shape index (κ1) is 29.5. The molecule has 0 saturated heterocycles. The largest absolute Gasteiger partial charge is 0.493 e. The molecule has 0 aromatic heterocycles. The number of halogens is 6. The number of methoxy groups -OCH3 is 2. The zero-order valence-electron chi connectivity index (χ0n) is 19.4. The molecule has 3 rings (SSSR count). The molecule has 3 aromatic carbocycles. The highest BCUT2D eigenvalue weighted by molar-refractivity contribution is 7.92. The van der Waals surface area contributed by atoms with E-state index in [4.69, 9.17) is 55.9 Å². The molecule has 0 atom stereocenters. The maximum Gasteiger partial charge on any atom is 0.310 e. The number of hydrogen-bond donors (Lipinski definition) is 0. The van der Waals surface area contributed by atoms with Gasteiger partial charge in [0, 0.05) is 12.0 Å². The standard InChI is InChI=1S/C25H20Cl4F2O5S/c1-35-21-5-3-4-16(23(21)36-2)12-25(30,31)22(32)13-37(33,34)24(14-6-8-17(26)19(28)10-14)15-7-9-18(27)20(29)11-15/h3-11,24H,12-13H2,1-2H3. The topological polar surface area (TPSA) is 69.7 Å². The lowest BCUT2D eigenvalue weighted by Crippen LogP contribution is -2.37. The van der Waals surface area contributed by atoms with Crippen molar-refractivity contribution < 1.29 is 31.5 Å². The molecular formula is C25H20Cl4F2O5S. The number of carbonyl (C=O) groups excluding carboxylic acids is 1. The third-order valence-corrected chi connectivity index (χ3v) is 8.89. The van der Waals surface area contributed by atoms with E-state index in [1.165, 1.54) is 68.8 Å². The smallest absolute Gasteiger partial charge is 0.310 e. The zero-order valence-corrected chi connectivity index (χ0v) is 23.2. The van der Waals surface area contributed by atoms with Crippen LogP contribution in [0.25, 0.3) is 0 Å². The van der Waals surface area contributed by atoms with E-state index >= 15 is 8.78 Å². The van der Waals surface area contributed by atoms with Crippen LogP contribution < -0.4 is 9.47 Å². The predicted octanol–water partition coefficient (Wildman–Crippen LogP) is 7.27. The van der Waals surface area contributed by atoms with Gasteiger partial charge in [0.25, 0.3) is 0 Å².